The van der Waals surface area contributed by atoms with Crippen LogP contribution in [0, 0.1) is 18.3 Å². The molecule has 31 heavy (non-hydrogen) atoms. The molecule has 2 aromatic heterocycles. The number of nitrogens with one attached hydrogen (secondary N) is 1. The molecular formula is C25H27N5O. The molecule has 0 radical (unpaired) electrons. The van der Waals surface area contributed by atoms with Crippen molar-refractivity contribution in [1.29, 1.82) is 5.26 Å². The second kappa shape index (κ2) is 8.46. The topological polar surface area (TPSA) is 88.3 Å². The van der Waals surface area contributed by atoms with Gasteiger partial charge in [0.1, 0.15) is 17.4 Å². The van der Waals surface area contributed by atoms with E-state index < -0.39 is 5.60 Å². The number of aliphatic imine (C=N–C) groups is 1. The van der Waals surface area contributed by atoms with Gasteiger partial charge in [-0.05, 0) is 63.2 Å². The zero-order valence-electron chi connectivity index (χ0n) is 18.0. The first-order valence-electron chi connectivity index (χ1n) is 10.5. The summed E-state index contributed by atoms with van der Waals surface area (Å²) in [6.07, 6.45) is 5.49. The third-order valence-corrected chi connectivity index (χ3v) is 5.90. The molecule has 0 bridgehead atoms. The average molecular weight is 414 g/mol. The van der Waals surface area contributed by atoms with E-state index in [0.717, 1.165) is 59.3 Å². The average Bonchev–Trinajstić information content (AvgIpc) is 3.06. The number of piperidine rings is 1. The van der Waals surface area contributed by atoms with E-state index in [1.165, 1.54) is 5.56 Å². The Bertz CT molecular complexity index is 1180. The van der Waals surface area contributed by atoms with Gasteiger partial charge in [0.15, 0.2) is 0 Å². The lowest BCUT2D eigenvalue weighted by Gasteiger charge is -2.36. The number of H-pyrrole nitrogens is 1. The van der Waals surface area contributed by atoms with Gasteiger partial charge in [0.2, 0.25) is 0 Å². The van der Waals surface area contributed by atoms with Gasteiger partial charge in [0.25, 0.3) is 0 Å². The fraction of sp³-hybridized carbons (Fsp3) is 0.320. The molecule has 0 amide bonds. The first-order chi connectivity index (χ1) is 14.9. The standard InChI is InChI=1S/C25H27N5O/c1-17-22(12-21(13-26)27-3)23-11-20(14-28-24(23)29-17)19-7-5-18(6-8-19)15-30-10-4-9-25(2,31)16-30/h5-8,11-12,14,31H,3-4,9-10,15-16H2,1-2H3,(H,28,29). The number of hydrogen-bond acceptors (Lipinski definition) is 5. The zero-order chi connectivity index (χ0) is 22.0. The smallest absolute Gasteiger partial charge is 0.140 e. The van der Waals surface area contributed by atoms with Gasteiger partial charge in [0, 0.05) is 41.5 Å². The van der Waals surface area contributed by atoms with Gasteiger partial charge in [0.05, 0.1) is 5.60 Å². The monoisotopic (exact) mass is 413 g/mol. The molecule has 3 heterocycles. The van der Waals surface area contributed by atoms with Crippen molar-refractivity contribution in [3.05, 3.63) is 59.0 Å². The summed E-state index contributed by atoms with van der Waals surface area (Å²) in [7, 11) is 0. The van der Waals surface area contributed by atoms with E-state index in [9.17, 15) is 10.4 Å². The predicted molar refractivity (Wildman–Crippen MR) is 125 cm³/mol. The molecule has 158 valence electrons. The third-order valence-electron chi connectivity index (χ3n) is 5.90. The van der Waals surface area contributed by atoms with Gasteiger partial charge in [-0.1, -0.05) is 24.3 Å². The zero-order valence-corrected chi connectivity index (χ0v) is 18.0. The number of fused-ring (bicyclic) bond motifs is 1. The number of aliphatic hydroxyl groups is 1. The van der Waals surface area contributed by atoms with Gasteiger partial charge in [-0.15, -0.1) is 0 Å². The number of hydrogen-bond donors (Lipinski definition) is 2. The third kappa shape index (κ3) is 4.58. The van der Waals surface area contributed by atoms with E-state index in [1.807, 2.05) is 20.0 Å². The summed E-state index contributed by atoms with van der Waals surface area (Å²) < 4.78 is 0. The van der Waals surface area contributed by atoms with Crippen LogP contribution < -0.4 is 0 Å². The van der Waals surface area contributed by atoms with Gasteiger partial charge in [-0.25, -0.2) is 4.98 Å². The maximum absolute atomic E-state index is 10.3. The van der Waals surface area contributed by atoms with E-state index in [0.29, 0.717) is 6.54 Å². The van der Waals surface area contributed by atoms with Crippen molar-refractivity contribution >= 4 is 23.8 Å². The maximum atomic E-state index is 10.3. The molecule has 4 rings (SSSR count). The van der Waals surface area contributed by atoms with E-state index >= 15 is 0 Å². The van der Waals surface area contributed by atoms with E-state index in [1.54, 1.807) is 6.08 Å². The minimum atomic E-state index is -0.591. The lowest BCUT2D eigenvalue weighted by Crippen LogP contribution is -2.45. The van der Waals surface area contributed by atoms with Crippen LogP contribution in [0.25, 0.3) is 28.2 Å². The number of β-amino-alcohol motifs (C(OH)–C–C–N with tert-alkyl or cyclic N) is 1. The lowest BCUT2D eigenvalue weighted by molar-refractivity contribution is -0.0181. The van der Waals surface area contributed by atoms with Gasteiger partial charge in [-0.2, -0.15) is 5.26 Å². The van der Waals surface area contributed by atoms with Gasteiger partial charge < -0.3 is 10.1 Å². The van der Waals surface area contributed by atoms with E-state index in [4.69, 9.17) is 0 Å². The summed E-state index contributed by atoms with van der Waals surface area (Å²) in [6.45, 7) is 9.91. The Hall–Kier alpha value is -3.27. The Morgan fingerprint density at radius 2 is 2.16 bits per heavy atom. The Morgan fingerprint density at radius 3 is 2.84 bits per heavy atom. The number of aryl methyl sites for hydroxylation is 1. The van der Waals surface area contributed by atoms with Crippen molar-refractivity contribution in [2.75, 3.05) is 13.1 Å². The van der Waals surface area contributed by atoms with Gasteiger partial charge in [-0.3, -0.25) is 9.89 Å². The molecule has 1 atom stereocenters. The number of benzene rings is 1. The molecular weight excluding hydrogens is 386 g/mol. The van der Waals surface area contributed by atoms with Crippen LogP contribution in [0.15, 0.2) is 47.2 Å². The molecule has 0 spiro atoms. The highest BCUT2D eigenvalue weighted by Gasteiger charge is 2.28. The Kier molecular flexibility index (Phi) is 5.73. The van der Waals surface area contributed by atoms with Crippen molar-refractivity contribution in [3.63, 3.8) is 0 Å². The molecule has 1 aromatic carbocycles. The normalized spacial score (nSPS) is 20.0. The van der Waals surface area contributed by atoms with Crippen molar-refractivity contribution in [2.45, 2.75) is 38.8 Å². The van der Waals surface area contributed by atoms with Crippen LogP contribution in [0.3, 0.4) is 0 Å². The van der Waals surface area contributed by atoms with Crippen LogP contribution in [-0.4, -0.2) is 45.4 Å². The van der Waals surface area contributed by atoms with Crippen LogP contribution in [-0.2, 0) is 6.54 Å². The number of likely N-dealkylation sites (tertiary alicyclic amines) is 1. The molecule has 0 aliphatic carbocycles. The van der Waals surface area contributed by atoms with Gasteiger partial charge >= 0.3 is 0 Å². The Balaban J connectivity index is 1.59. The fourth-order valence-electron chi connectivity index (χ4n) is 4.33. The molecule has 1 aliphatic heterocycles. The van der Waals surface area contributed by atoms with Crippen LogP contribution in [0.4, 0.5) is 0 Å². The van der Waals surface area contributed by atoms with Crippen LogP contribution in [0.1, 0.15) is 36.6 Å². The molecule has 2 N–H and O–H groups in total. The van der Waals surface area contributed by atoms with Crippen LogP contribution >= 0.6 is 0 Å². The number of allylic oxidation sites excluding steroid dienone is 1. The van der Waals surface area contributed by atoms with Crippen LogP contribution in [0.2, 0.25) is 0 Å². The number of aromatic nitrogens is 2. The van der Waals surface area contributed by atoms with Crippen molar-refractivity contribution in [1.82, 2.24) is 14.9 Å². The first kappa shape index (κ1) is 21.0. The van der Waals surface area contributed by atoms with Crippen LogP contribution in [0.5, 0.6) is 0 Å². The number of rotatable bonds is 5. The van der Waals surface area contributed by atoms with Crippen molar-refractivity contribution in [3.8, 4) is 17.2 Å². The summed E-state index contributed by atoms with van der Waals surface area (Å²) in [4.78, 5) is 13.9. The quantitative estimate of drug-likeness (QED) is 0.478. The summed E-state index contributed by atoms with van der Waals surface area (Å²) in [5.41, 5.74) is 5.63. The van der Waals surface area contributed by atoms with E-state index in [-0.39, 0.29) is 5.70 Å². The minimum Gasteiger partial charge on any atom is -0.389 e. The molecule has 1 unspecified atom stereocenters. The van der Waals surface area contributed by atoms with Crippen molar-refractivity contribution < 1.29 is 5.11 Å². The maximum Gasteiger partial charge on any atom is 0.140 e. The Labute approximate surface area is 182 Å². The predicted octanol–water partition coefficient (Wildman–Crippen LogP) is 4.45. The van der Waals surface area contributed by atoms with E-state index in [2.05, 4.69) is 63.0 Å². The molecule has 1 saturated heterocycles. The summed E-state index contributed by atoms with van der Waals surface area (Å²) in [5, 5.41) is 20.5. The molecule has 1 aliphatic rings. The highest BCUT2D eigenvalue weighted by molar-refractivity contribution is 5.91. The minimum absolute atomic E-state index is 0.274. The molecule has 6 nitrogen and oxygen atoms in total. The second-order valence-corrected chi connectivity index (χ2v) is 8.59. The molecule has 0 saturated carbocycles. The summed E-state index contributed by atoms with van der Waals surface area (Å²) >= 11 is 0. The highest BCUT2D eigenvalue weighted by Crippen LogP contribution is 2.29. The summed E-state index contributed by atoms with van der Waals surface area (Å²) in [5.74, 6) is 0. The lowest BCUT2D eigenvalue weighted by atomic mass is 9.94. The number of pyridine rings is 1. The fourth-order valence-corrected chi connectivity index (χ4v) is 4.33. The largest absolute Gasteiger partial charge is 0.389 e. The second-order valence-electron chi connectivity index (χ2n) is 8.59. The number of aromatic amines is 1. The van der Waals surface area contributed by atoms with Crippen molar-refractivity contribution in [2.24, 2.45) is 4.99 Å². The number of nitriles is 1. The molecule has 6 heteroatoms. The molecule has 3 aromatic rings. The SMILES string of the molecule is C=NC(C#N)=Cc1c(C)[nH]c2ncc(-c3ccc(CN4CCCC(C)(O)C4)cc3)cc12. The molecule has 1 fully saturated rings. The highest BCUT2D eigenvalue weighted by atomic mass is 16.3. The summed E-state index contributed by atoms with van der Waals surface area (Å²) in [6, 6.07) is 12.6. The number of nitrogens with zero attached hydrogens (tertiary/aromatic N) is 4. The first-order valence-corrected chi connectivity index (χ1v) is 10.5. The Morgan fingerprint density at radius 1 is 1.39 bits per heavy atom.